The summed E-state index contributed by atoms with van der Waals surface area (Å²) in [5, 5.41) is 2.79. The average molecular weight is 388 g/mol. The van der Waals surface area contributed by atoms with Crippen molar-refractivity contribution >= 4 is 21.6 Å². The van der Waals surface area contributed by atoms with Crippen molar-refractivity contribution in [1.82, 2.24) is 4.31 Å². The number of carbonyl (C=O) groups is 1. The molecule has 1 amide bonds. The number of ether oxygens (including phenoxy) is 1. The monoisotopic (exact) mass is 388 g/mol. The molecule has 27 heavy (non-hydrogen) atoms. The molecule has 2 aromatic carbocycles. The number of hydrogen-bond acceptors (Lipinski definition) is 4. The van der Waals surface area contributed by atoms with Crippen LogP contribution in [0.15, 0.2) is 47.4 Å². The summed E-state index contributed by atoms with van der Waals surface area (Å²) in [4.78, 5) is 12.7. The van der Waals surface area contributed by atoms with Gasteiger partial charge < -0.3 is 10.1 Å². The third-order valence-corrected chi connectivity index (χ3v) is 6.70. The highest BCUT2D eigenvalue weighted by atomic mass is 32.2. The van der Waals surface area contributed by atoms with Gasteiger partial charge in [0.15, 0.2) is 0 Å². The minimum Gasteiger partial charge on any atom is -0.379 e. The van der Waals surface area contributed by atoms with E-state index in [0.717, 1.165) is 12.0 Å². The summed E-state index contributed by atoms with van der Waals surface area (Å²) >= 11 is 0. The Morgan fingerprint density at radius 1 is 1.11 bits per heavy atom. The highest BCUT2D eigenvalue weighted by Crippen LogP contribution is 2.24. The quantitative estimate of drug-likeness (QED) is 0.855. The number of sulfonamides is 1. The summed E-state index contributed by atoms with van der Waals surface area (Å²) in [7, 11) is -3.62. The Morgan fingerprint density at radius 3 is 2.41 bits per heavy atom. The third kappa shape index (κ3) is 4.37. The highest BCUT2D eigenvalue weighted by Gasteiger charge is 2.28. The maximum absolute atomic E-state index is 12.9. The molecule has 1 aliphatic rings. The lowest BCUT2D eigenvalue weighted by molar-refractivity contribution is 0.0730. The van der Waals surface area contributed by atoms with Crippen LogP contribution in [0.3, 0.4) is 0 Å². The van der Waals surface area contributed by atoms with Crippen LogP contribution >= 0.6 is 0 Å². The Kier molecular flexibility index (Phi) is 5.94. The molecule has 0 radical (unpaired) electrons. The van der Waals surface area contributed by atoms with Crippen molar-refractivity contribution in [3.8, 4) is 0 Å². The van der Waals surface area contributed by atoms with Gasteiger partial charge in [0.2, 0.25) is 10.0 Å². The van der Waals surface area contributed by atoms with E-state index < -0.39 is 10.0 Å². The molecule has 0 atom stereocenters. The molecule has 0 aliphatic carbocycles. The molecule has 1 fully saturated rings. The van der Waals surface area contributed by atoms with Gasteiger partial charge >= 0.3 is 0 Å². The standard InChI is InChI=1S/C20H24N2O4S/c1-3-16-5-7-17(8-6-16)20(23)21-18-9-4-15(2)19(14-18)27(24,25)22-10-12-26-13-11-22/h4-9,14H,3,10-13H2,1-2H3,(H,21,23). The smallest absolute Gasteiger partial charge is 0.255 e. The predicted octanol–water partition coefficient (Wildman–Crippen LogP) is 2.83. The number of anilines is 1. The van der Waals surface area contributed by atoms with Gasteiger partial charge in [0.25, 0.3) is 5.91 Å². The maximum Gasteiger partial charge on any atom is 0.255 e. The van der Waals surface area contributed by atoms with Gasteiger partial charge in [-0.25, -0.2) is 8.42 Å². The second-order valence-corrected chi connectivity index (χ2v) is 8.41. The molecule has 1 aliphatic heterocycles. The van der Waals surface area contributed by atoms with Crippen LogP contribution in [-0.4, -0.2) is 44.9 Å². The number of hydrogen-bond donors (Lipinski definition) is 1. The Labute approximate surface area is 160 Å². The molecule has 3 rings (SSSR count). The molecule has 0 aromatic heterocycles. The van der Waals surface area contributed by atoms with Crippen molar-refractivity contribution in [2.75, 3.05) is 31.6 Å². The fourth-order valence-corrected chi connectivity index (χ4v) is 4.64. The van der Waals surface area contributed by atoms with Gasteiger partial charge in [0.05, 0.1) is 18.1 Å². The minimum absolute atomic E-state index is 0.212. The van der Waals surface area contributed by atoms with E-state index in [2.05, 4.69) is 12.2 Å². The van der Waals surface area contributed by atoms with Crippen molar-refractivity contribution in [3.63, 3.8) is 0 Å². The van der Waals surface area contributed by atoms with E-state index in [1.165, 1.54) is 10.4 Å². The van der Waals surface area contributed by atoms with E-state index in [0.29, 0.717) is 43.1 Å². The molecule has 1 N–H and O–H groups in total. The van der Waals surface area contributed by atoms with Gasteiger partial charge in [-0.05, 0) is 48.7 Å². The molecule has 0 unspecified atom stereocenters. The van der Waals surface area contributed by atoms with Gasteiger partial charge in [-0.2, -0.15) is 4.31 Å². The molecule has 0 spiro atoms. The van der Waals surface area contributed by atoms with Crippen molar-refractivity contribution in [2.45, 2.75) is 25.2 Å². The summed E-state index contributed by atoms with van der Waals surface area (Å²) in [6.07, 6.45) is 0.905. The topological polar surface area (TPSA) is 75.7 Å². The van der Waals surface area contributed by atoms with Gasteiger partial charge in [0.1, 0.15) is 0 Å². The van der Waals surface area contributed by atoms with Crippen LogP contribution in [0.5, 0.6) is 0 Å². The van der Waals surface area contributed by atoms with E-state index >= 15 is 0 Å². The number of morpholine rings is 1. The number of amides is 1. The van der Waals surface area contributed by atoms with Crippen LogP contribution in [0.4, 0.5) is 5.69 Å². The summed E-state index contributed by atoms with van der Waals surface area (Å²) in [6.45, 7) is 5.26. The second-order valence-electron chi connectivity index (χ2n) is 6.50. The zero-order chi connectivity index (χ0) is 19.4. The number of carbonyl (C=O) groups excluding carboxylic acids is 1. The van der Waals surface area contributed by atoms with Crippen LogP contribution in [0, 0.1) is 6.92 Å². The van der Waals surface area contributed by atoms with Gasteiger partial charge in [-0.3, -0.25) is 4.79 Å². The Hall–Kier alpha value is -2.22. The number of benzene rings is 2. The third-order valence-electron chi connectivity index (χ3n) is 4.66. The van der Waals surface area contributed by atoms with E-state index in [1.54, 1.807) is 31.2 Å². The van der Waals surface area contributed by atoms with Crippen molar-refractivity contribution in [3.05, 3.63) is 59.2 Å². The largest absolute Gasteiger partial charge is 0.379 e. The number of rotatable bonds is 5. The number of aryl methyl sites for hydroxylation is 2. The summed E-state index contributed by atoms with van der Waals surface area (Å²) in [5.74, 6) is -0.267. The van der Waals surface area contributed by atoms with Crippen molar-refractivity contribution in [2.24, 2.45) is 0 Å². The molecule has 7 heteroatoms. The molecule has 0 saturated carbocycles. The number of nitrogens with zero attached hydrogens (tertiary/aromatic N) is 1. The SMILES string of the molecule is CCc1ccc(C(=O)Nc2ccc(C)c(S(=O)(=O)N3CCOCC3)c2)cc1. The summed E-state index contributed by atoms with van der Waals surface area (Å²) in [5.41, 5.74) is 2.79. The van der Waals surface area contributed by atoms with Gasteiger partial charge in [0, 0.05) is 24.3 Å². The van der Waals surface area contributed by atoms with E-state index in [4.69, 9.17) is 4.74 Å². The highest BCUT2D eigenvalue weighted by molar-refractivity contribution is 7.89. The first-order chi connectivity index (χ1) is 12.9. The second kappa shape index (κ2) is 8.21. The van der Waals surface area contributed by atoms with Crippen LogP contribution < -0.4 is 5.32 Å². The molecule has 1 saturated heterocycles. The molecular formula is C20H24N2O4S. The summed E-state index contributed by atoms with van der Waals surface area (Å²) in [6, 6.07) is 12.3. The average Bonchev–Trinajstić information content (AvgIpc) is 2.70. The molecule has 1 heterocycles. The molecule has 0 bridgehead atoms. The van der Waals surface area contributed by atoms with E-state index in [-0.39, 0.29) is 10.8 Å². The Balaban J connectivity index is 1.83. The molecular weight excluding hydrogens is 364 g/mol. The Bertz CT molecular complexity index is 917. The first kappa shape index (κ1) is 19.5. The molecule has 2 aromatic rings. The van der Waals surface area contributed by atoms with E-state index in [1.807, 2.05) is 12.1 Å². The lowest BCUT2D eigenvalue weighted by Crippen LogP contribution is -2.40. The normalized spacial score (nSPS) is 15.5. The lowest BCUT2D eigenvalue weighted by atomic mass is 10.1. The van der Waals surface area contributed by atoms with Gasteiger partial charge in [-0.15, -0.1) is 0 Å². The fourth-order valence-electron chi connectivity index (χ4n) is 2.98. The van der Waals surface area contributed by atoms with E-state index in [9.17, 15) is 13.2 Å². The maximum atomic E-state index is 12.9. The fraction of sp³-hybridized carbons (Fsp3) is 0.350. The predicted molar refractivity (Wildman–Crippen MR) is 105 cm³/mol. The van der Waals surface area contributed by atoms with Crippen molar-refractivity contribution < 1.29 is 17.9 Å². The lowest BCUT2D eigenvalue weighted by Gasteiger charge is -2.26. The minimum atomic E-state index is -3.62. The van der Waals surface area contributed by atoms with Crippen LogP contribution in [-0.2, 0) is 21.2 Å². The zero-order valence-corrected chi connectivity index (χ0v) is 16.4. The summed E-state index contributed by atoms with van der Waals surface area (Å²) < 4.78 is 32.6. The first-order valence-corrected chi connectivity index (χ1v) is 10.4. The molecule has 144 valence electrons. The van der Waals surface area contributed by atoms with Crippen LogP contribution in [0.2, 0.25) is 0 Å². The number of nitrogens with one attached hydrogen (secondary N) is 1. The van der Waals surface area contributed by atoms with Gasteiger partial charge in [-0.1, -0.05) is 25.1 Å². The van der Waals surface area contributed by atoms with Crippen molar-refractivity contribution in [1.29, 1.82) is 0 Å². The molecule has 6 nitrogen and oxygen atoms in total. The van der Waals surface area contributed by atoms with Crippen LogP contribution in [0.1, 0.15) is 28.4 Å². The first-order valence-electron chi connectivity index (χ1n) is 9.00. The Morgan fingerprint density at radius 2 is 1.78 bits per heavy atom. The van der Waals surface area contributed by atoms with Crippen LogP contribution in [0.25, 0.3) is 0 Å². The zero-order valence-electron chi connectivity index (χ0n) is 15.6.